The van der Waals surface area contributed by atoms with E-state index in [0.717, 1.165) is 13.0 Å². The first kappa shape index (κ1) is 12.3. The van der Waals surface area contributed by atoms with E-state index in [9.17, 15) is 0 Å². The van der Waals surface area contributed by atoms with E-state index < -0.39 is 0 Å². The van der Waals surface area contributed by atoms with Gasteiger partial charge < -0.3 is 9.73 Å². The maximum atomic E-state index is 5.08. The van der Waals surface area contributed by atoms with Crippen molar-refractivity contribution in [2.45, 2.75) is 6.42 Å². The van der Waals surface area contributed by atoms with Gasteiger partial charge in [0.25, 0.3) is 5.89 Å². The number of rotatable bonds is 5. The van der Waals surface area contributed by atoms with Gasteiger partial charge in [-0.25, -0.2) is 9.97 Å². The van der Waals surface area contributed by atoms with Crippen LogP contribution in [0.5, 0.6) is 0 Å². The van der Waals surface area contributed by atoms with E-state index in [4.69, 9.17) is 4.42 Å². The zero-order chi connectivity index (χ0) is 13.6. The van der Waals surface area contributed by atoms with Crippen molar-refractivity contribution in [2.24, 2.45) is 0 Å². The number of nitrogens with zero attached hydrogens (tertiary/aromatic N) is 4. The molecule has 0 atom stereocenters. The van der Waals surface area contributed by atoms with E-state index in [2.05, 4.69) is 37.6 Å². The van der Waals surface area contributed by atoms with Gasteiger partial charge in [-0.05, 0) is 12.0 Å². The molecule has 3 aromatic rings. The van der Waals surface area contributed by atoms with Gasteiger partial charge in [-0.15, -0.1) is 10.2 Å². The van der Waals surface area contributed by atoms with Crippen LogP contribution in [0, 0.1) is 0 Å². The third-order valence-electron chi connectivity index (χ3n) is 2.80. The van der Waals surface area contributed by atoms with Gasteiger partial charge in [0.1, 0.15) is 0 Å². The number of benzene rings is 1. The Morgan fingerprint density at radius 1 is 1.05 bits per heavy atom. The highest BCUT2D eigenvalue weighted by molar-refractivity contribution is 5.49. The molecule has 3 rings (SSSR count). The molecule has 0 spiro atoms. The van der Waals surface area contributed by atoms with E-state index in [1.54, 1.807) is 12.4 Å². The van der Waals surface area contributed by atoms with Crippen LogP contribution in [0.4, 0.5) is 5.95 Å². The van der Waals surface area contributed by atoms with E-state index >= 15 is 0 Å². The van der Waals surface area contributed by atoms with Crippen molar-refractivity contribution < 1.29 is 4.42 Å². The Bertz CT molecular complexity index is 637. The number of hydrogen-bond acceptors (Lipinski definition) is 6. The van der Waals surface area contributed by atoms with Gasteiger partial charge in [0, 0.05) is 18.9 Å². The van der Waals surface area contributed by atoms with E-state index in [1.807, 2.05) is 18.2 Å². The van der Waals surface area contributed by atoms with Crippen LogP contribution in [0.15, 0.2) is 53.5 Å². The Hall–Kier alpha value is -2.76. The molecule has 6 nitrogen and oxygen atoms in total. The molecule has 0 unspecified atom stereocenters. The maximum absolute atomic E-state index is 5.08. The SMILES string of the molecule is c1ccc(CCNc2ncc(-c3nnco3)cn2)cc1. The molecule has 0 saturated carbocycles. The van der Waals surface area contributed by atoms with Crippen LogP contribution in [0.1, 0.15) is 5.56 Å². The Morgan fingerprint density at radius 3 is 2.55 bits per heavy atom. The summed E-state index contributed by atoms with van der Waals surface area (Å²) in [5, 5.41) is 10.6. The van der Waals surface area contributed by atoms with Crippen molar-refractivity contribution in [3.8, 4) is 11.5 Å². The van der Waals surface area contributed by atoms with Crippen LogP contribution in [-0.2, 0) is 6.42 Å². The molecule has 2 aromatic heterocycles. The van der Waals surface area contributed by atoms with E-state index in [0.29, 0.717) is 17.4 Å². The van der Waals surface area contributed by atoms with E-state index in [1.165, 1.54) is 12.0 Å². The molecule has 1 aromatic carbocycles. The van der Waals surface area contributed by atoms with Gasteiger partial charge in [-0.2, -0.15) is 0 Å². The summed E-state index contributed by atoms with van der Waals surface area (Å²) in [7, 11) is 0. The third kappa shape index (κ3) is 2.97. The van der Waals surface area contributed by atoms with Gasteiger partial charge >= 0.3 is 0 Å². The second-order valence-electron chi connectivity index (χ2n) is 4.20. The first-order chi connectivity index (χ1) is 9.92. The highest BCUT2D eigenvalue weighted by Gasteiger charge is 2.04. The largest absolute Gasteiger partial charge is 0.423 e. The third-order valence-corrected chi connectivity index (χ3v) is 2.80. The normalized spacial score (nSPS) is 10.4. The lowest BCUT2D eigenvalue weighted by molar-refractivity contribution is 0.568. The summed E-state index contributed by atoms with van der Waals surface area (Å²) in [4.78, 5) is 8.43. The van der Waals surface area contributed by atoms with Crippen LogP contribution >= 0.6 is 0 Å². The van der Waals surface area contributed by atoms with Gasteiger partial charge in [-0.1, -0.05) is 30.3 Å². The van der Waals surface area contributed by atoms with Gasteiger partial charge in [0.15, 0.2) is 0 Å². The highest BCUT2D eigenvalue weighted by atomic mass is 16.4. The molecule has 0 bridgehead atoms. The monoisotopic (exact) mass is 267 g/mol. The molecule has 0 amide bonds. The molecule has 20 heavy (non-hydrogen) atoms. The summed E-state index contributed by atoms with van der Waals surface area (Å²) < 4.78 is 5.08. The summed E-state index contributed by atoms with van der Waals surface area (Å²) in [6.45, 7) is 0.782. The smallest absolute Gasteiger partial charge is 0.250 e. The highest BCUT2D eigenvalue weighted by Crippen LogP contribution is 2.14. The fourth-order valence-electron chi connectivity index (χ4n) is 1.79. The quantitative estimate of drug-likeness (QED) is 0.763. The predicted molar refractivity (Wildman–Crippen MR) is 74.0 cm³/mol. The molecule has 0 saturated heterocycles. The van der Waals surface area contributed by atoms with Gasteiger partial charge in [-0.3, -0.25) is 0 Å². The fraction of sp³-hybridized carbons (Fsp3) is 0.143. The average Bonchev–Trinajstić information content (AvgIpc) is 3.03. The minimum Gasteiger partial charge on any atom is -0.423 e. The van der Waals surface area contributed by atoms with Crippen LogP contribution < -0.4 is 5.32 Å². The molecule has 6 heteroatoms. The maximum Gasteiger partial charge on any atom is 0.250 e. The van der Waals surface area contributed by atoms with Crippen molar-refractivity contribution in [3.05, 3.63) is 54.7 Å². The average molecular weight is 267 g/mol. The summed E-state index contributed by atoms with van der Waals surface area (Å²) >= 11 is 0. The lowest BCUT2D eigenvalue weighted by Crippen LogP contribution is -2.07. The molecule has 0 aliphatic heterocycles. The topological polar surface area (TPSA) is 76.7 Å². The van der Waals surface area contributed by atoms with Crippen LogP contribution in [0.25, 0.3) is 11.5 Å². The summed E-state index contributed by atoms with van der Waals surface area (Å²) in [5.41, 5.74) is 1.98. The molecule has 0 radical (unpaired) electrons. The molecular weight excluding hydrogens is 254 g/mol. The summed E-state index contributed by atoms with van der Waals surface area (Å²) in [5.74, 6) is 1.00. The lowest BCUT2D eigenvalue weighted by Gasteiger charge is -2.04. The van der Waals surface area contributed by atoms with Crippen LogP contribution in [0.3, 0.4) is 0 Å². The Kier molecular flexibility index (Phi) is 3.64. The number of hydrogen-bond donors (Lipinski definition) is 1. The van der Waals surface area contributed by atoms with Crippen molar-refractivity contribution in [1.82, 2.24) is 20.2 Å². The molecule has 0 aliphatic rings. The summed E-state index contributed by atoms with van der Waals surface area (Å²) in [6.07, 6.45) is 5.52. The number of anilines is 1. The van der Waals surface area contributed by atoms with Crippen molar-refractivity contribution in [3.63, 3.8) is 0 Å². The van der Waals surface area contributed by atoms with Crippen LogP contribution in [-0.4, -0.2) is 26.7 Å². The fourth-order valence-corrected chi connectivity index (χ4v) is 1.79. The predicted octanol–water partition coefficient (Wildman–Crippen LogP) is 2.18. The zero-order valence-electron chi connectivity index (χ0n) is 10.7. The van der Waals surface area contributed by atoms with E-state index in [-0.39, 0.29) is 0 Å². The minimum atomic E-state index is 0.417. The second-order valence-corrected chi connectivity index (χ2v) is 4.20. The van der Waals surface area contributed by atoms with Crippen molar-refractivity contribution in [1.29, 1.82) is 0 Å². The molecule has 0 aliphatic carbocycles. The molecular formula is C14H13N5O. The Labute approximate surface area is 115 Å². The molecule has 1 N–H and O–H groups in total. The number of nitrogens with one attached hydrogen (secondary N) is 1. The zero-order valence-corrected chi connectivity index (χ0v) is 10.7. The van der Waals surface area contributed by atoms with Crippen molar-refractivity contribution in [2.75, 3.05) is 11.9 Å². The molecule has 100 valence electrons. The lowest BCUT2D eigenvalue weighted by atomic mass is 10.1. The summed E-state index contributed by atoms with van der Waals surface area (Å²) in [6, 6.07) is 10.3. The Morgan fingerprint density at radius 2 is 1.85 bits per heavy atom. The minimum absolute atomic E-state index is 0.417. The molecule has 2 heterocycles. The second kappa shape index (κ2) is 5.92. The van der Waals surface area contributed by atoms with Gasteiger partial charge in [0.2, 0.25) is 12.3 Å². The van der Waals surface area contributed by atoms with Crippen molar-refractivity contribution >= 4 is 5.95 Å². The first-order valence-corrected chi connectivity index (χ1v) is 6.28. The van der Waals surface area contributed by atoms with Gasteiger partial charge in [0.05, 0.1) is 5.56 Å². The molecule has 0 fully saturated rings. The Balaban J connectivity index is 1.56. The first-order valence-electron chi connectivity index (χ1n) is 6.28. The van der Waals surface area contributed by atoms with Crippen LogP contribution in [0.2, 0.25) is 0 Å². The standard InChI is InChI=1S/C14H13N5O/c1-2-4-11(5-3-1)6-7-15-14-16-8-12(9-17-14)13-19-18-10-20-13/h1-5,8-10H,6-7H2,(H,15,16,17). The number of aromatic nitrogens is 4.